The van der Waals surface area contributed by atoms with Crippen molar-refractivity contribution in [1.29, 1.82) is 0 Å². The third kappa shape index (κ3) is 18.0. The molecule has 0 atom stereocenters. The second-order valence-corrected chi connectivity index (χ2v) is 10.7. The minimum Gasteiger partial charge on any atom is -0.377 e. The molecule has 162 valence electrons. The van der Waals surface area contributed by atoms with Gasteiger partial charge in [0.05, 0.1) is 0 Å². The van der Waals surface area contributed by atoms with Crippen LogP contribution in [0.1, 0.15) is 25.7 Å². The predicted molar refractivity (Wildman–Crippen MR) is 105 cm³/mol. The van der Waals surface area contributed by atoms with Gasteiger partial charge in [0, 0.05) is 75.8 Å². The smallest absolute Gasteiger partial charge is 0.377 e. The average molecular weight is 1100 g/mol. The van der Waals surface area contributed by atoms with E-state index in [1.165, 1.54) is 0 Å². The van der Waals surface area contributed by atoms with Crippen LogP contribution in [-0.4, -0.2) is 60.3 Å². The van der Waals surface area contributed by atoms with Crippen LogP contribution in [0.4, 0.5) is 0 Å². The number of unbranched alkanes of at least 4 members (excludes halogenated alkanes) is 2. The van der Waals surface area contributed by atoms with Crippen molar-refractivity contribution in [2.24, 2.45) is 0 Å². The third-order valence-corrected chi connectivity index (χ3v) is 9.00. The maximum atomic E-state index is 5.20. The van der Waals surface area contributed by atoms with Gasteiger partial charge < -0.3 is 55.3 Å². The molecule has 0 amide bonds. The topological polar surface area (TPSA) is 55.4 Å². The molecule has 0 aromatic rings. The molecular weight excluding hydrogens is 1060 g/mol. The zero-order chi connectivity index (χ0) is 17.5. The van der Waals surface area contributed by atoms with Crippen molar-refractivity contribution in [2.75, 3.05) is 42.7 Å². The van der Waals surface area contributed by atoms with E-state index >= 15 is 0 Å². The fourth-order valence-electron chi connectivity index (χ4n) is 1.80. The molecular formula is C16H40O6Rf2Si2W-4. The molecule has 0 fully saturated rings. The maximum absolute atomic E-state index is 5.20. The van der Waals surface area contributed by atoms with Crippen molar-refractivity contribution in [2.45, 2.75) is 37.8 Å². The molecule has 6 nitrogen and oxygen atoms in total. The standard InChI is InChI=1S/2C7H17O3Si.2CH3.2Rf.W/c2*1-5-6-7-11(8-2,9-3)10-4;;;;;/h2*1,5-7H2,2-4H3;2*1H3;;;/q4*-1;;;. The van der Waals surface area contributed by atoms with E-state index in [2.05, 4.69) is 13.8 Å². The molecule has 0 saturated heterocycles. The summed E-state index contributed by atoms with van der Waals surface area (Å²) in [5.74, 6) is 0. The van der Waals surface area contributed by atoms with E-state index in [1.807, 2.05) is 0 Å². The molecule has 0 aromatic heterocycles. The van der Waals surface area contributed by atoms with E-state index in [-0.39, 0.29) is 35.9 Å². The van der Waals surface area contributed by atoms with Crippen LogP contribution in [0.2, 0.25) is 12.1 Å². The molecule has 0 aliphatic carbocycles. The van der Waals surface area contributed by atoms with Crippen molar-refractivity contribution in [3.63, 3.8) is 0 Å². The molecule has 0 aliphatic heterocycles. The van der Waals surface area contributed by atoms with Crippen LogP contribution in [0.3, 0.4) is 0 Å². The van der Waals surface area contributed by atoms with Crippen LogP contribution in [0, 0.1) is 28.7 Å². The number of hydrogen-bond acceptors (Lipinski definition) is 6. The van der Waals surface area contributed by atoms with Gasteiger partial charge >= 0.3 is 17.6 Å². The van der Waals surface area contributed by atoms with Crippen LogP contribution in [0.25, 0.3) is 0 Å². The molecule has 0 unspecified atom stereocenters. The Balaban J connectivity index is -0.0000000500. The number of hydrogen-bond donors (Lipinski definition) is 0. The number of rotatable bonds is 12. The van der Waals surface area contributed by atoms with Crippen molar-refractivity contribution in [3.05, 3.63) is 28.7 Å². The Morgan fingerprint density at radius 3 is 0.852 bits per heavy atom. The minimum absolute atomic E-state index is 0. The van der Waals surface area contributed by atoms with E-state index in [0.29, 0.717) is 0 Å². The van der Waals surface area contributed by atoms with Gasteiger partial charge in [0.15, 0.2) is 0 Å². The molecule has 0 N–H and O–H groups in total. The fraction of sp³-hybridized carbons (Fsp3) is 0.750. The van der Waals surface area contributed by atoms with Gasteiger partial charge in [0.25, 0.3) is 0 Å². The Hall–Kier alpha value is -1.12. The van der Waals surface area contributed by atoms with Gasteiger partial charge in [0.2, 0.25) is 0 Å². The van der Waals surface area contributed by atoms with E-state index in [1.54, 1.807) is 42.7 Å². The Labute approximate surface area is 174 Å². The maximum Gasteiger partial charge on any atom is 0.500 e. The normalized spacial score (nSPS) is 9.78. The molecule has 27 heavy (non-hydrogen) atoms. The van der Waals surface area contributed by atoms with Crippen LogP contribution >= 0.6 is 0 Å². The van der Waals surface area contributed by atoms with Crippen molar-refractivity contribution in [3.8, 4) is 0 Å². The zero-order valence-corrected chi connectivity index (χ0v) is 36.7. The fourth-order valence-corrected chi connectivity index (χ4v) is 5.39. The van der Waals surface area contributed by atoms with Gasteiger partial charge in [-0.2, -0.15) is 12.8 Å². The van der Waals surface area contributed by atoms with E-state index in [0.717, 1.165) is 37.8 Å². The zero-order valence-electron chi connectivity index (χ0n) is 18.9. The van der Waals surface area contributed by atoms with Gasteiger partial charge in [-0.3, -0.25) is 0 Å². The Morgan fingerprint density at radius 2 is 0.741 bits per heavy atom. The first kappa shape index (κ1) is 44.9. The summed E-state index contributed by atoms with van der Waals surface area (Å²) in [5, 5.41) is 0. The van der Waals surface area contributed by atoms with E-state index < -0.39 is 17.6 Å². The monoisotopic (exact) mass is 1100 g/mol. The molecule has 0 spiro atoms. The van der Waals surface area contributed by atoms with E-state index in [9.17, 15) is 0 Å². The van der Waals surface area contributed by atoms with Gasteiger partial charge in [-0.15, -0.1) is 0 Å². The summed E-state index contributed by atoms with van der Waals surface area (Å²) in [5.41, 5.74) is 0. The van der Waals surface area contributed by atoms with Crippen LogP contribution in [0.5, 0.6) is 0 Å². The largest absolute Gasteiger partial charge is 0.500 e. The first-order chi connectivity index (χ1) is 10.5. The predicted octanol–water partition coefficient (Wildman–Crippen LogP) is 3.86. The summed E-state index contributed by atoms with van der Waals surface area (Å²) < 4.78 is 31.2. The second kappa shape index (κ2) is 27.1. The molecule has 0 radical (unpaired) electrons. The summed E-state index contributed by atoms with van der Waals surface area (Å²) in [6.45, 7) is 7.49. The van der Waals surface area contributed by atoms with Crippen LogP contribution < -0.4 is 0 Å². The SMILES string of the molecule is [CH2-]CCC[Si](OC)(OC)OC.[CH2-]CCC[Si](OC)(OC)OC.[CH3-].[CH3-].[Rf].[Rf].[W]. The van der Waals surface area contributed by atoms with Gasteiger partial charge in [-0.25, -0.2) is 0 Å². The Morgan fingerprint density at radius 1 is 0.556 bits per heavy atom. The molecule has 0 aliphatic rings. The first-order valence-electron chi connectivity index (χ1n) is 7.38. The van der Waals surface area contributed by atoms with Gasteiger partial charge in [0.1, 0.15) is 0 Å². The summed E-state index contributed by atoms with van der Waals surface area (Å²) in [7, 11) is 5.21. The molecule has 0 saturated carbocycles. The van der Waals surface area contributed by atoms with Crippen molar-refractivity contribution in [1.82, 2.24) is 0 Å². The average Bonchev–Trinajstić information content (AvgIpc) is 2.59. The van der Waals surface area contributed by atoms with Crippen molar-refractivity contribution >= 4 is 17.6 Å². The van der Waals surface area contributed by atoms with Crippen LogP contribution in [-0.2, 0) is 47.6 Å². The van der Waals surface area contributed by atoms with Gasteiger partial charge in [-0.1, -0.05) is 12.8 Å². The molecule has 11 heteroatoms. The van der Waals surface area contributed by atoms with E-state index in [4.69, 9.17) is 26.6 Å². The Kier molecular flexibility index (Phi) is 45.1. The summed E-state index contributed by atoms with van der Waals surface area (Å²) in [4.78, 5) is 0. The first-order valence-corrected chi connectivity index (χ1v) is 11.2. The van der Waals surface area contributed by atoms with Crippen LogP contribution in [0.15, 0.2) is 0 Å². The summed E-state index contributed by atoms with van der Waals surface area (Å²) in [6, 6.07) is 1.69. The third-order valence-electron chi connectivity index (χ3n) is 3.33. The quantitative estimate of drug-likeness (QED) is 0.219. The summed E-state index contributed by atoms with van der Waals surface area (Å²) >= 11 is 0. The molecule has 0 heterocycles. The molecule has 0 bridgehead atoms. The Bertz CT molecular complexity index is 212. The minimum atomic E-state index is -2.28. The summed E-state index contributed by atoms with van der Waals surface area (Å²) in [6.07, 6.45) is 3.76. The molecule has 0 aromatic carbocycles. The van der Waals surface area contributed by atoms with Crippen molar-refractivity contribution < 1.29 is 47.6 Å². The van der Waals surface area contributed by atoms with Gasteiger partial charge in [-0.05, 0) is 0 Å². The molecule has 0 rings (SSSR count). The second-order valence-electron chi connectivity index (χ2n) is 4.50.